The Balaban J connectivity index is 2.28. The lowest BCUT2D eigenvalue weighted by Crippen LogP contribution is -2.16. The lowest BCUT2D eigenvalue weighted by Gasteiger charge is -2.11. The molecule has 0 unspecified atom stereocenters. The van der Waals surface area contributed by atoms with Crippen molar-refractivity contribution in [1.29, 1.82) is 0 Å². The number of hydrogen-bond donors (Lipinski definition) is 2. The summed E-state index contributed by atoms with van der Waals surface area (Å²) in [6, 6.07) is 9.19. The first-order valence-electron chi connectivity index (χ1n) is 6.81. The van der Waals surface area contributed by atoms with E-state index >= 15 is 0 Å². The molecule has 0 spiro atoms. The number of hydrogen-bond acceptors (Lipinski definition) is 3. The molecule has 2 aromatic rings. The van der Waals surface area contributed by atoms with E-state index in [4.69, 9.17) is 11.6 Å². The Morgan fingerprint density at radius 3 is 2.71 bits per heavy atom. The smallest absolute Gasteiger partial charge is 0.275 e. The van der Waals surface area contributed by atoms with Crippen LogP contribution in [0.4, 0.5) is 11.5 Å². The maximum atomic E-state index is 12.4. The minimum atomic E-state index is -0.312. The Bertz CT molecular complexity index is 671. The number of benzene rings is 1. The summed E-state index contributed by atoms with van der Waals surface area (Å²) in [5.41, 5.74) is 3.14. The first kappa shape index (κ1) is 15.3. The summed E-state index contributed by atoms with van der Waals surface area (Å²) in [5.74, 6) is 0.321. The number of nitrogens with zero attached hydrogens (tertiary/aromatic N) is 1. The number of rotatable bonds is 4. The molecule has 1 aromatic carbocycles. The second kappa shape index (κ2) is 6.59. The number of carbonyl (C=O) groups is 1. The van der Waals surface area contributed by atoms with Crippen LogP contribution >= 0.6 is 11.6 Å². The van der Waals surface area contributed by atoms with E-state index in [1.165, 1.54) is 0 Å². The zero-order chi connectivity index (χ0) is 15.4. The van der Waals surface area contributed by atoms with Crippen LogP contribution in [0.3, 0.4) is 0 Å². The molecule has 21 heavy (non-hydrogen) atoms. The molecule has 0 aliphatic carbocycles. The number of pyridine rings is 1. The molecular weight excluding hydrogens is 286 g/mol. The van der Waals surface area contributed by atoms with Crippen molar-refractivity contribution in [3.8, 4) is 0 Å². The average Bonchev–Trinajstić information content (AvgIpc) is 2.46. The van der Waals surface area contributed by atoms with Crippen LogP contribution < -0.4 is 10.6 Å². The molecule has 110 valence electrons. The van der Waals surface area contributed by atoms with E-state index in [-0.39, 0.29) is 11.6 Å². The van der Waals surface area contributed by atoms with Gasteiger partial charge >= 0.3 is 0 Å². The fourth-order valence-electron chi connectivity index (χ4n) is 1.95. The second-order valence-corrected chi connectivity index (χ2v) is 5.17. The van der Waals surface area contributed by atoms with Crippen molar-refractivity contribution in [3.05, 3.63) is 52.2 Å². The summed E-state index contributed by atoms with van der Waals surface area (Å²) in [5, 5.41) is 6.26. The van der Waals surface area contributed by atoms with Crippen molar-refractivity contribution in [2.24, 2.45) is 0 Å². The highest BCUT2D eigenvalue weighted by atomic mass is 35.5. The molecule has 0 fully saturated rings. The molecule has 4 nitrogen and oxygen atoms in total. The Morgan fingerprint density at radius 2 is 2.00 bits per heavy atom. The largest absolute Gasteiger partial charge is 0.370 e. The number of aryl methyl sites for hydroxylation is 1. The molecule has 0 radical (unpaired) electrons. The van der Waals surface area contributed by atoms with Gasteiger partial charge in [-0.2, -0.15) is 0 Å². The van der Waals surface area contributed by atoms with Crippen LogP contribution in [0.2, 0.25) is 5.02 Å². The quantitative estimate of drug-likeness (QED) is 0.896. The molecule has 2 N–H and O–H groups in total. The molecule has 0 bridgehead atoms. The van der Waals surface area contributed by atoms with Crippen molar-refractivity contribution < 1.29 is 4.79 Å². The third kappa shape index (κ3) is 3.52. The molecule has 5 heteroatoms. The number of anilines is 2. The van der Waals surface area contributed by atoms with E-state index in [0.717, 1.165) is 23.4 Å². The summed E-state index contributed by atoms with van der Waals surface area (Å²) >= 11 is 6.08. The third-order valence-corrected chi connectivity index (χ3v) is 3.58. The molecule has 0 aliphatic rings. The molecule has 0 saturated heterocycles. The minimum Gasteiger partial charge on any atom is -0.370 e. The lowest BCUT2D eigenvalue weighted by atomic mass is 10.1. The van der Waals surface area contributed by atoms with Crippen molar-refractivity contribution in [2.45, 2.75) is 20.8 Å². The Morgan fingerprint density at radius 1 is 1.24 bits per heavy atom. The van der Waals surface area contributed by atoms with Gasteiger partial charge in [0.25, 0.3) is 5.91 Å². The van der Waals surface area contributed by atoms with Crippen molar-refractivity contribution in [1.82, 2.24) is 4.98 Å². The van der Waals surface area contributed by atoms with Crippen LogP contribution in [0.25, 0.3) is 0 Å². The Labute approximate surface area is 129 Å². The fourth-order valence-corrected chi connectivity index (χ4v) is 2.14. The first-order valence-corrected chi connectivity index (χ1v) is 7.18. The van der Waals surface area contributed by atoms with Gasteiger partial charge in [0.05, 0.1) is 5.02 Å². The van der Waals surface area contributed by atoms with E-state index in [9.17, 15) is 4.79 Å². The van der Waals surface area contributed by atoms with Crippen LogP contribution in [0, 0.1) is 13.8 Å². The van der Waals surface area contributed by atoms with Gasteiger partial charge in [-0.15, -0.1) is 0 Å². The second-order valence-electron chi connectivity index (χ2n) is 4.76. The maximum absolute atomic E-state index is 12.4. The molecule has 0 atom stereocenters. The van der Waals surface area contributed by atoms with E-state index in [1.807, 2.05) is 39.0 Å². The summed E-state index contributed by atoms with van der Waals surface area (Å²) in [4.78, 5) is 16.6. The minimum absolute atomic E-state index is 0.219. The van der Waals surface area contributed by atoms with Gasteiger partial charge in [-0.3, -0.25) is 4.79 Å². The number of carbonyl (C=O) groups excluding carboxylic acids is 1. The van der Waals surface area contributed by atoms with Gasteiger partial charge in [0.15, 0.2) is 0 Å². The normalized spacial score (nSPS) is 10.3. The Kier molecular flexibility index (Phi) is 4.81. The Hall–Kier alpha value is -2.07. The number of nitrogens with one attached hydrogen (secondary N) is 2. The molecular formula is C16H18ClN3O. The van der Waals surface area contributed by atoms with Gasteiger partial charge in [0, 0.05) is 12.2 Å². The van der Waals surface area contributed by atoms with Gasteiger partial charge in [-0.05, 0) is 50.1 Å². The van der Waals surface area contributed by atoms with Crippen LogP contribution in [0.1, 0.15) is 28.5 Å². The summed E-state index contributed by atoms with van der Waals surface area (Å²) in [6.07, 6.45) is 0. The van der Waals surface area contributed by atoms with E-state index in [1.54, 1.807) is 12.1 Å². The van der Waals surface area contributed by atoms with Gasteiger partial charge in [-0.25, -0.2) is 4.98 Å². The fraction of sp³-hybridized carbons (Fsp3) is 0.250. The molecule has 1 aromatic heterocycles. The van der Waals surface area contributed by atoms with Gasteiger partial charge in [0.1, 0.15) is 11.5 Å². The molecule has 1 amide bonds. The van der Waals surface area contributed by atoms with Crippen molar-refractivity contribution in [3.63, 3.8) is 0 Å². The zero-order valence-electron chi connectivity index (χ0n) is 12.3. The van der Waals surface area contributed by atoms with Crippen LogP contribution in [0.15, 0.2) is 30.3 Å². The summed E-state index contributed by atoms with van der Waals surface area (Å²) in [6.45, 7) is 6.66. The van der Waals surface area contributed by atoms with Crippen LogP contribution in [0.5, 0.6) is 0 Å². The van der Waals surface area contributed by atoms with E-state index in [2.05, 4.69) is 15.6 Å². The van der Waals surface area contributed by atoms with E-state index in [0.29, 0.717) is 10.8 Å². The van der Waals surface area contributed by atoms with Crippen molar-refractivity contribution in [2.75, 3.05) is 17.2 Å². The predicted molar refractivity (Wildman–Crippen MR) is 87.3 cm³/mol. The molecule has 2 rings (SSSR count). The van der Waals surface area contributed by atoms with Crippen LogP contribution in [-0.4, -0.2) is 17.4 Å². The lowest BCUT2D eigenvalue weighted by molar-refractivity contribution is 0.102. The SMILES string of the molecule is CCNc1ccc(Cl)c(C(=O)Nc2cccc(C)c2C)n1. The van der Waals surface area contributed by atoms with Crippen LogP contribution in [-0.2, 0) is 0 Å². The average molecular weight is 304 g/mol. The topological polar surface area (TPSA) is 54.0 Å². The summed E-state index contributed by atoms with van der Waals surface area (Å²) < 4.78 is 0. The highest BCUT2D eigenvalue weighted by molar-refractivity contribution is 6.34. The highest BCUT2D eigenvalue weighted by Crippen LogP contribution is 2.21. The predicted octanol–water partition coefficient (Wildman–Crippen LogP) is 4.04. The number of aromatic nitrogens is 1. The summed E-state index contributed by atoms with van der Waals surface area (Å²) in [7, 11) is 0. The van der Waals surface area contributed by atoms with Crippen molar-refractivity contribution >= 4 is 29.0 Å². The monoisotopic (exact) mass is 303 g/mol. The zero-order valence-corrected chi connectivity index (χ0v) is 13.1. The number of halogens is 1. The molecule has 0 aliphatic heterocycles. The van der Waals surface area contributed by atoms with Gasteiger partial charge < -0.3 is 10.6 Å². The highest BCUT2D eigenvalue weighted by Gasteiger charge is 2.14. The van der Waals surface area contributed by atoms with E-state index < -0.39 is 0 Å². The third-order valence-electron chi connectivity index (χ3n) is 3.27. The molecule has 0 saturated carbocycles. The number of amides is 1. The first-order chi connectivity index (χ1) is 10.0. The maximum Gasteiger partial charge on any atom is 0.275 e. The van der Waals surface area contributed by atoms with Gasteiger partial charge in [-0.1, -0.05) is 23.7 Å². The molecule has 1 heterocycles. The van der Waals surface area contributed by atoms with Gasteiger partial charge in [0.2, 0.25) is 0 Å². The standard InChI is InChI=1S/C16H18ClN3O/c1-4-18-14-9-8-12(17)15(20-14)16(21)19-13-7-5-6-10(2)11(13)3/h5-9H,4H2,1-3H3,(H,18,20)(H,19,21).